The first kappa shape index (κ1) is 19.8. The van der Waals surface area contributed by atoms with Gasteiger partial charge in [-0.25, -0.2) is 0 Å². The van der Waals surface area contributed by atoms with Gasteiger partial charge in [0.25, 0.3) is 0 Å². The van der Waals surface area contributed by atoms with E-state index in [4.69, 9.17) is 21.0 Å². The summed E-state index contributed by atoms with van der Waals surface area (Å²) in [6.07, 6.45) is 0.523. The molecule has 0 saturated heterocycles. The number of nitrogens with one attached hydrogen (secondary N) is 2. The third-order valence-electron chi connectivity index (χ3n) is 3.38. The number of hydrogen-bond donors (Lipinski definition) is 5. The molecule has 6 N–H and O–H groups in total. The fraction of sp³-hybridized carbons (Fsp3) is 0.846. The average molecular weight is 303 g/mol. The Balaban J connectivity index is 4.16. The molecule has 0 heterocycles. The van der Waals surface area contributed by atoms with Gasteiger partial charge in [0, 0.05) is 13.0 Å². The Hall–Kier alpha value is -1.22. The number of nitrogens with zero attached hydrogens (tertiary/aromatic N) is 2. The van der Waals surface area contributed by atoms with E-state index in [1.165, 1.54) is 0 Å². The van der Waals surface area contributed by atoms with E-state index in [1.54, 1.807) is 6.92 Å². The summed E-state index contributed by atoms with van der Waals surface area (Å²) in [5.41, 5.74) is 8.42. The van der Waals surface area contributed by atoms with Gasteiger partial charge in [-0.1, -0.05) is 10.3 Å². The quantitative estimate of drug-likeness (QED) is 0.175. The Morgan fingerprint density at radius 3 is 2.24 bits per heavy atom. The molecular formula is C13H29N5O3. The van der Waals surface area contributed by atoms with Crippen LogP contribution < -0.4 is 16.5 Å². The normalized spacial score (nSPS) is 14.6. The summed E-state index contributed by atoms with van der Waals surface area (Å²) in [7, 11) is 0. The van der Waals surface area contributed by atoms with Crippen LogP contribution in [0.3, 0.4) is 0 Å². The van der Waals surface area contributed by atoms with Crippen molar-refractivity contribution in [2.75, 3.05) is 19.7 Å². The van der Waals surface area contributed by atoms with E-state index in [0.29, 0.717) is 37.5 Å². The Kier molecular flexibility index (Phi) is 8.41. The molecule has 0 rings (SSSR count). The molecule has 0 bridgehead atoms. The maximum Gasteiger partial charge on any atom is 0.0807 e. The molecule has 0 atom stereocenters. The number of oxime groups is 2. The molecule has 21 heavy (non-hydrogen) atoms. The number of hydrogen-bond acceptors (Lipinski definition) is 8. The highest BCUT2D eigenvalue weighted by Crippen LogP contribution is 2.08. The van der Waals surface area contributed by atoms with Crippen LogP contribution in [0.5, 0.6) is 0 Å². The average Bonchev–Trinajstić information content (AvgIpc) is 2.42. The summed E-state index contributed by atoms with van der Waals surface area (Å²) in [5, 5.41) is 27.4. The van der Waals surface area contributed by atoms with Gasteiger partial charge >= 0.3 is 0 Å². The first-order chi connectivity index (χ1) is 9.71. The van der Waals surface area contributed by atoms with Gasteiger partial charge in [-0.2, -0.15) is 5.48 Å². The van der Waals surface area contributed by atoms with Gasteiger partial charge in [-0.3, -0.25) is 4.84 Å². The van der Waals surface area contributed by atoms with Crippen molar-refractivity contribution in [3.05, 3.63) is 0 Å². The van der Waals surface area contributed by atoms with Crippen LogP contribution in [-0.2, 0) is 4.84 Å². The van der Waals surface area contributed by atoms with Crippen molar-refractivity contribution in [1.82, 2.24) is 10.8 Å². The van der Waals surface area contributed by atoms with Gasteiger partial charge in [0.1, 0.15) is 0 Å². The lowest BCUT2D eigenvalue weighted by Gasteiger charge is -2.28. The summed E-state index contributed by atoms with van der Waals surface area (Å²) in [6.45, 7) is 10.6. The summed E-state index contributed by atoms with van der Waals surface area (Å²) in [6, 6.07) is 0. The predicted octanol–water partition coefficient (Wildman–Crippen LogP) is 0.684. The molecule has 8 nitrogen and oxygen atoms in total. The van der Waals surface area contributed by atoms with Crippen molar-refractivity contribution in [1.29, 1.82) is 0 Å². The van der Waals surface area contributed by atoms with E-state index in [2.05, 4.69) is 21.1 Å². The first-order valence-corrected chi connectivity index (χ1v) is 6.96. The first-order valence-electron chi connectivity index (χ1n) is 6.96. The van der Waals surface area contributed by atoms with Crippen LogP contribution in [0.1, 0.15) is 41.0 Å². The summed E-state index contributed by atoms with van der Waals surface area (Å²) < 4.78 is 0. The highest BCUT2D eigenvalue weighted by molar-refractivity contribution is 5.92. The highest BCUT2D eigenvalue weighted by atomic mass is 16.6. The van der Waals surface area contributed by atoms with Gasteiger partial charge in [0.15, 0.2) is 0 Å². The molecule has 124 valence electrons. The Labute approximate surface area is 126 Å². The van der Waals surface area contributed by atoms with Gasteiger partial charge in [0.2, 0.25) is 0 Å². The third-order valence-corrected chi connectivity index (χ3v) is 3.38. The smallest absolute Gasteiger partial charge is 0.0807 e. The SMILES string of the molecule is C/C(=N\O)C(C)(C)NOCCNC(C)(C)/C(CCN)=N/O. The molecule has 8 heteroatoms. The zero-order chi connectivity index (χ0) is 16.5. The number of rotatable bonds is 10. The zero-order valence-electron chi connectivity index (χ0n) is 13.6. The minimum absolute atomic E-state index is 0.396. The van der Waals surface area contributed by atoms with Crippen LogP contribution in [0.2, 0.25) is 0 Å². The second-order valence-electron chi connectivity index (χ2n) is 5.90. The van der Waals surface area contributed by atoms with Crippen molar-refractivity contribution < 1.29 is 15.3 Å². The fourth-order valence-electron chi connectivity index (χ4n) is 1.57. The van der Waals surface area contributed by atoms with E-state index < -0.39 is 11.1 Å². The van der Waals surface area contributed by atoms with Gasteiger partial charge in [-0.15, -0.1) is 0 Å². The fourth-order valence-corrected chi connectivity index (χ4v) is 1.57. The predicted molar refractivity (Wildman–Crippen MR) is 83.0 cm³/mol. The topological polar surface area (TPSA) is 124 Å². The Morgan fingerprint density at radius 2 is 1.76 bits per heavy atom. The molecule has 0 fully saturated rings. The van der Waals surface area contributed by atoms with E-state index in [0.717, 1.165) is 0 Å². The molecule has 0 aliphatic heterocycles. The van der Waals surface area contributed by atoms with Crippen molar-refractivity contribution in [2.24, 2.45) is 16.0 Å². The molecule has 0 aliphatic rings. The minimum atomic E-state index is -0.554. The van der Waals surface area contributed by atoms with Crippen LogP contribution in [0, 0.1) is 0 Å². The second-order valence-corrected chi connectivity index (χ2v) is 5.90. The van der Waals surface area contributed by atoms with Crippen molar-refractivity contribution in [2.45, 2.75) is 52.1 Å². The van der Waals surface area contributed by atoms with Gasteiger partial charge in [-0.05, 0) is 41.2 Å². The van der Waals surface area contributed by atoms with Crippen molar-refractivity contribution in [3.63, 3.8) is 0 Å². The zero-order valence-corrected chi connectivity index (χ0v) is 13.6. The lowest BCUT2D eigenvalue weighted by atomic mass is 9.95. The van der Waals surface area contributed by atoms with Crippen molar-refractivity contribution in [3.8, 4) is 0 Å². The summed E-state index contributed by atoms with van der Waals surface area (Å²) in [4.78, 5) is 5.36. The molecule has 0 unspecified atom stereocenters. The second kappa shape index (κ2) is 8.93. The van der Waals surface area contributed by atoms with Crippen LogP contribution in [0.4, 0.5) is 0 Å². The molecule has 0 aliphatic carbocycles. The number of hydroxylamine groups is 1. The maximum absolute atomic E-state index is 9.00. The molecular weight excluding hydrogens is 274 g/mol. The van der Waals surface area contributed by atoms with E-state index >= 15 is 0 Å². The standard InChI is InChI=1S/C13H29N5O3/c1-10(16-19)12(2,3)18-21-9-8-15-13(4,5)11(17-20)6-7-14/h15,18-20H,6-9,14H2,1-5H3/b16-10+,17-11+. The Bertz CT molecular complexity index is 367. The lowest BCUT2D eigenvalue weighted by Crippen LogP contribution is -2.50. The molecule has 0 spiro atoms. The van der Waals surface area contributed by atoms with Crippen LogP contribution in [0.25, 0.3) is 0 Å². The molecule has 0 radical (unpaired) electrons. The monoisotopic (exact) mass is 303 g/mol. The van der Waals surface area contributed by atoms with Crippen LogP contribution >= 0.6 is 0 Å². The Morgan fingerprint density at radius 1 is 1.14 bits per heavy atom. The molecule has 0 aromatic carbocycles. The molecule has 0 saturated carbocycles. The minimum Gasteiger partial charge on any atom is -0.411 e. The highest BCUT2D eigenvalue weighted by Gasteiger charge is 2.25. The maximum atomic E-state index is 9.00. The molecule has 0 aromatic rings. The van der Waals surface area contributed by atoms with E-state index in [9.17, 15) is 0 Å². The van der Waals surface area contributed by atoms with Crippen LogP contribution in [0.15, 0.2) is 10.3 Å². The van der Waals surface area contributed by atoms with E-state index in [-0.39, 0.29) is 0 Å². The third kappa shape index (κ3) is 6.85. The van der Waals surface area contributed by atoms with Gasteiger partial charge < -0.3 is 21.5 Å². The lowest BCUT2D eigenvalue weighted by molar-refractivity contribution is 0.00864. The molecule has 0 amide bonds. The number of nitrogens with two attached hydrogens (primary N) is 1. The summed E-state index contributed by atoms with van der Waals surface area (Å²) in [5.74, 6) is 0. The van der Waals surface area contributed by atoms with E-state index in [1.807, 2.05) is 27.7 Å². The molecule has 0 aromatic heterocycles. The largest absolute Gasteiger partial charge is 0.411 e. The van der Waals surface area contributed by atoms with Crippen molar-refractivity contribution >= 4 is 11.4 Å². The van der Waals surface area contributed by atoms with Gasteiger partial charge in [0.05, 0.1) is 29.1 Å². The van der Waals surface area contributed by atoms with Crippen LogP contribution in [-0.4, -0.2) is 52.6 Å². The summed E-state index contributed by atoms with van der Waals surface area (Å²) >= 11 is 0.